The van der Waals surface area contributed by atoms with Crippen molar-refractivity contribution >= 4 is 10.8 Å². The van der Waals surface area contributed by atoms with Crippen LogP contribution in [0.5, 0.6) is 0 Å². The van der Waals surface area contributed by atoms with Gasteiger partial charge in [-0.3, -0.25) is 4.21 Å². The van der Waals surface area contributed by atoms with Crippen molar-refractivity contribution in [2.75, 3.05) is 12.3 Å². The predicted octanol–water partition coefficient (Wildman–Crippen LogP) is 1.42. The lowest BCUT2D eigenvalue weighted by Crippen LogP contribution is -2.07. The van der Waals surface area contributed by atoms with Crippen LogP contribution < -0.4 is 5.73 Å². The second kappa shape index (κ2) is 5.17. The Bertz CT molecular complexity index is 344. The average molecular weight is 219 g/mol. The van der Waals surface area contributed by atoms with Gasteiger partial charge in [0.2, 0.25) is 0 Å². The molecule has 0 aliphatic heterocycles. The van der Waals surface area contributed by atoms with Crippen LogP contribution in [-0.4, -0.2) is 16.5 Å². The zero-order valence-corrected chi connectivity index (χ0v) is 8.32. The number of hydrogen-bond donors (Lipinski definition) is 1. The molecule has 0 bridgehead atoms. The van der Waals surface area contributed by atoms with Gasteiger partial charge < -0.3 is 5.73 Å². The Kier molecular flexibility index (Phi) is 4.16. The third-order valence-electron chi connectivity index (χ3n) is 1.67. The summed E-state index contributed by atoms with van der Waals surface area (Å²) in [6.45, 7) is 0.392. The van der Waals surface area contributed by atoms with Crippen molar-refractivity contribution in [1.82, 2.24) is 0 Å². The molecule has 0 fully saturated rings. The van der Waals surface area contributed by atoms with Crippen molar-refractivity contribution in [3.63, 3.8) is 0 Å². The van der Waals surface area contributed by atoms with E-state index in [1.165, 1.54) is 0 Å². The summed E-state index contributed by atoms with van der Waals surface area (Å²) in [5.41, 5.74) is 5.22. The number of rotatable bonds is 4. The Hall–Kier alpha value is -0.810. The standard InChI is InChI=1S/C9H11F2NOS/c10-7-2-3-8(11)9(6-7)14(13)5-1-4-12/h2-3,6H,1,4-5,12H2. The predicted molar refractivity (Wildman–Crippen MR) is 51.3 cm³/mol. The monoisotopic (exact) mass is 219 g/mol. The summed E-state index contributed by atoms with van der Waals surface area (Å²) in [7, 11) is -1.50. The van der Waals surface area contributed by atoms with Gasteiger partial charge in [0.25, 0.3) is 0 Å². The third-order valence-corrected chi connectivity index (χ3v) is 3.14. The third kappa shape index (κ3) is 2.85. The second-order valence-electron chi connectivity index (χ2n) is 2.77. The summed E-state index contributed by atoms with van der Waals surface area (Å²) in [6.07, 6.45) is 0.530. The van der Waals surface area contributed by atoms with Crippen molar-refractivity contribution in [2.45, 2.75) is 11.3 Å². The molecule has 78 valence electrons. The van der Waals surface area contributed by atoms with E-state index in [2.05, 4.69) is 0 Å². The Morgan fingerprint density at radius 1 is 1.36 bits per heavy atom. The van der Waals surface area contributed by atoms with E-state index in [0.717, 1.165) is 18.2 Å². The molecule has 1 atom stereocenters. The molecule has 0 aliphatic rings. The molecule has 1 rings (SSSR count). The van der Waals surface area contributed by atoms with E-state index in [-0.39, 0.29) is 10.6 Å². The summed E-state index contributed by atoms with van der Waals surface area (Å²) in [4.78, 5) is -0.0848. The lowest BCUT2D eigenvalue weighted by atomic mass is 10.3. The number of benzene rings is 1. The van der Waals surface area contributed by atoms with Crippen LogP contribution >= 0.6 is 0 Å². The largest absolute Gasteiger partial charge is 0.330 e. The molecule has 0 amide bonds. The highest BCUT2D eigenvalue weighted by molar-refractivity contribution is 7.85. The normalized spacial score (nSPS) is 12.8. The van der Waals surface area contributed by atoms with E-state index in [0.29, 0.717) is 13.0 Å². The van der Waals surface area contributed by atoms with Crippen LogP contribution in [-0.2, 0) is 10.8 Å². The van der Waals surface area contributed by atoms with Gasteiger partial charge in [-0.15, -0.1) is 0 Å². The van der Waals surface area contributed by atoms with Gasteiger partial charge in [-0.1, -0.05) is 0 Å². The highest BCUT2D eigenvalue weighted by atomic mass is 32.2. The molecule has 0 heterocycles. The Labute approximate surface area is 83.6 Å². The molecular formula is C9H11F2NOS. The van der Waals surface area contributed by atoms with E-state index in [4.69, 9.17) is 5.73 Å². The molecule has 1 unspecified atom stereocenters. The quantitative estimate of drug-likeness (QED) is 0.832. The van der Waals surface area contributed by atoms with E-state index in [1.54, 1.807) is 0 Å². The SMILES string of the molecule is NCCCS(=O)c1cc(F)ccc1F. The Morgan fingerprint density at radius 3 is 2.71 bits per heavy atom. The van der Waals surface area contributed by atoms with Gasteiger partial charge in [0, 0.05) is 5.75 Å². The van der Waals surface area contributed by atoms with Gasteiger partial charge in [0.1, 0.15) is 11.6 Å². The maximum Gasteiger partial charge on any atom is 0.139 e. The first-order chi connectivity index (χ1) is 6.65. The summed E-state index contributed by atoms with van der Waals surface area (Å²) >= 11 is 0. The van der Waals surface area contributed by atoms with Gasteiger partial charge in [0.05, 0.1) is 15.7 Å². The van der Waals surface area contributed by atoms with Gasteiger partial charge in [-0.25, -0.2) is 8.78 Å². The molecule has 0 saturated heterocycles. The Balaban J connectivity index is 2.83. The van der Waals surface area contributed by atoms with E-state index >= 15 is 0 Å². The van der Waals surface area contributed by atoms with Crippen molar-refractivity contribution in [3.05, 3.63) is 29.8 Å². The van der Waals surface area contributed by atoms with E-state index < -0.39 is 22.4 Å². The maximum atomic E-state index is 13.1. The highest BCUT2D eigenvalue weighted by Crippen LogP contribution is 2.14. The molecule has 0 aromatic heterocycles. The zero-order valence-electron chi connectivity index (χ0n) is 7.50. The van der Waals surface area contributed by atoms with Gasteiger partial charge in [0.15, 0.2) is 0 Å². The average Bonchev–Trinajstić information content (AvgIpc) is 2.18. The van der Waals surface area contributed by atoms with Crippen LogP contribution in [0.4, 0.5) is 8.78 Å². The molecular weight excluding hydrogens is 208 g/mol. The molecule has 0 spiro atoms. The van der Waals surface area contributed by atoms with Crippen LogP contribution in [0.15, 0.2) is 23.1 Å². The topological polar surface area (TPSA) is 43.1 Å². The van der Waals surface area contributed by atoms with Crippen LogP contribution in [0.2, 0.25) is 0 Å². The first-order valence-corrected chi connectivity index (χ1v) is 5.50. The summed E-state index contributed by atoms with van der Waals surface area (Å²) in [5.74, 6) is -0.957. The summed E-state index contributed by atoms with van der Waals surface area (Å²) in [5, 5.41) is 0. The van der Waals surface area contributed by atoms with Crippen LogP contribution in [0, 0.1) is 11.6 Å². The fourth-order valence-corrected chi connectivity index (χ4v) is 2.15. The molecule has 1 aromatic rings. The number of nitrogens with two attached hydrogens (primary N) is 1. The lowest BCUT2D eigenvalue weighted by molar-refractivity contribution is 0.571. The van der Waals surface area contributed by atoms with Crippen LogP contribution in [0.1, 0.15) is 6.42 Å². The van der Waals surface area contributed by atoms with Gasteiger partial charge in [-0.05, 0) is 31.2 Å². The lowest BCUT2D eigenvalue weighted by Gasteiger charge is -2.02. The minimum atomic E-state index is -1.50. The molecule has 0 radical (unpaired) electrons. The number of halogens is 2. The summed E-state index contributed by atoms with van der Waals surface area (Å²) in [6, 6.07) is 2.94. The summed E-state index contributed by atoms with van der Waals surface area (Å²) < 4.78 is 37.2. The van der Waals surface area contributed by atoms with Crippen LogP contribution in [0.3, 0.4) is 0 Å². The van der Waals surface area contributed by atoms with E-state index in [1.807, 2.05) is 0 Å². The fourth-order valence-electron chi connectivity index (χ4n) is 0.976. The van der Waals surface area contributed by atoms with E-state index in [9.17, 15) is 13.0 Å². The first-order valence-electron chi connectivity index (χ1n) is 4.18. The van der Waals surface area contributed by atoms with Crippen molar-refractivity contribution < 1.29 is 13.0 Å². The molecule has 14 heavy (non-hydrogen) atoms. The molecule has 2 nitrogen and oxygen atoms in total. The maximum absolute atomic E-state index is 13.1. The van der Waals surface area contributed by atoms with Crippen LogP contribution in [0.25, 0.3) is 0 Å². The minimum Gasteiger partial charge on any atom is -0.330 e. The second-order valence-corrected chi connectivity index (χ2v) is 4.31. The van der Waals surface area contributed by atoms with Gasteiger partial charge >= 0.3 is 0 Å². The van der Waals surface area contributed by atoms with Crippen molar-refractivity contribution in [1.29, 1.82) is 0 Å². The molecule has 5 heteroatoms. The smallest absolute Gasteiger partial charge is 0.139 e. The first kappa shape index (κ1) is 11.3. The molecule has 2 N–H and O–H groups in total. The molecule has 1 aromatic carbocycles. The molecule has 0 aliphatic carbocycles. The van der Waals surface area contributed by atoms with Gasteiger partial charge in [-0.2, -0.15) is 0 Å². The number of hydrogen-bond acceptors (Lipinski definition) is 2. The fraction of sp³-hybridized carbons (Fsp3) is 0.333. The minimum absolute atomic E-state index is 0.0848. The zero-order chi connectivity index (χ0) is 10.6. The Morgan fingerprint density at radius 2 is 2.07 bits per heavy atom. The van der Waals surface area contributed by atoms with Crippen molar-refractivity contribution in [2.24, 2.45) is 5.73 Å². The molecule has 0 saturated carbocycles. The highest BCUT2D eigenvalue weighted by Gasteiger charge is 2.10. The van der Waals surface area contributed by atoms with Crippen molar-refractivity contribution in [3.8, 4) is 0 Å².